The van der Waals surface area contributed by atoms with Crippen molar-refractivity contribution in [3.63, 3.8) is 0 Å². The number of nitrogens with zero attached hydrogens (tertiary/aromatic N) is 3. The molecule has 8 heteroatoms. The van der Waals surface area contributed by atoms with E-state index in [1.165, 1.54) is 0 Å². The van der Waals surface area contributed by atoms with Gasteiger partial charge in [0.2, 0.25) is 5.91 Å². The van der Waals surface area contributed by atoms with Crippen molar-refractivity contribution in [2.45, 2.75) is 59.3 Å². The van der Waals surface area contributed by atoms with Gasteiger partial charge in [-0.2, -0.15) is 5.10 Å². The van der Waals surface area contributed by atoms with Crippen molar-refractivity contribution in [3.8, 4) is 5.69 Å². The lowest BCUT2D eigenvalue weighted by Gasteiger charge is -2.23. The molecule has 0 saturated heterocycles. The molecular weight excluding hydrogens is 474 g/mol. The molecule has 1 aromatic heterocycles. The first-order valence-electron chi connectivity index (χ1n) is 12.4. The van der Waals surface area contributed by atoms with Gasteiger partial charge in [-0.25, -0.2) is 9.48 Å². The van der Waals surface area contributed by atoms with Crippen molar-refractivity contribution in [3.05, 3.63) is 70.9 Å². The van der Waals surface area contributed by atoms with E-state index in [1.54, 1.807) is 15.6 Å². The molecule has 0 unspecified atom stereocenters. The number of nitrogens with one attached hydrogen (secondary N) is 2. The van der Waals surface area contributed by atoms with Crippen molar-refractivity contribution in [2.75, 3.05) is 23.7 Å². The van der Waals surface area contributed by atoms with Crippen molar-refractivity contribution in [1.29, 1.82) is 0 Å². The van der Waals surface area contributed by atoms with Crippen LogP contribution in [-0.2, 0) is 10.2 Å². The average Bonchev–Trinajstić information content (AvgIpc) is 3.23. The van der Waals surface area contributed by atoms with E-state index in [9.17, 15) is 9.59 Å². The fourth-order valence-corrected chi connectivity index (χ4v) is 3.95. The van der Waals surface area contributed by atoms with Crippen LogP contribution in [0.25, 0.3) is 5.69 Å². The van der Waals surface area contributed by atoms with E-state index in [4.69, 9.17) is 16.7 Å². The van der Waals surface area contributed by atoms with Crippen LogP contribution in [0.5, 0.6) is 0 Å². The summed E-state index contributed by atoms with van der Waals surface area (Å²) < 4.78 is 1.65. The fraction of sp³-hybridized carbons (Fsp3) is 0.393. The molecule has 36 heavy (non-hydrogen) atoms. The maximum atomic E-state index is 13.2. The Kier molecular flexibility index (Phi) is 9.15. The second-order valence-electron chi connectivity index (χ2n) is 10.0. The number of hydrogen-bond acceptors (Lipinski definition) is 3. The number of amides is 3. The van der Waals surface area contributed by atoms with Crippen LogP contribution in [0, 0.1) is 6.92 Å². The molecule has 0 saturated carbocycles. The second-order valence-corrected chi connectivity index (χ2v) is 10.4. The van der Waals surface area contributed by atoms with Crippen LogP contribution in [0.1, 0.15) is 58.2 Å². The number of halogens is 1. The topological polar surface area (TPSA) is 79.3 Å². The summed E-state index contributed by atoms with van der Waals surface area (Å²) >= 11 is 6.44. The smallest absolute Gasteiger partial charge is 0.315 e. The molecule has 0 bridgehead atoms. The molecule has 192 valence electrons. The van der Waals surface area contributed by atoms with Gasteiger partial charge < -0.3 is 15.5 Å². The average molecular weight is 510 g/mol. The highest BCUT2D eigenvalue weighted by molar-refractivity contribution is 6.32. The summed E-state index contributed by atoms with van der Waals surface area (Å²) in [6.45, 7) is 10.6. The number of unbranched alkanes of at least 4 members (excludes halogenated alkanes) is 2. The summed E-state index contributed by atoms with van der Waals surface area (Å²) in [5.74, 6) is 0.199. The molecular formula is C28H36ClN5O2. The Morgan fingerprint density at radius 3 is 2.44 bits per heavy atom. The number of para-hydroxylation sites is 1. The van der Waals surface area contributed by atoms with Crippen LogP contribution >= 0.6 is 11.6 Å². The van der Waals surface area contributed by atoms with E-state index in [0.29, 0.717) is 28.8 Å². The largest absolute Gasteiger partial charge is 0.322 e. The van der Waals surface area contributed by atoms with E-state index in [-0.39, 0.29) is 23.9 Å². The third-order valence-electron chi connectivity index (χ3n) is 5.75. The zero-order valence-electron chi connectivity index (χ0n) is 21.8. The third-order valence-corrected chi connectivity index (χ3v) is 6.07. The molecule has 0 spiro atoms. The van der Waals surface area contributed by atoms with Crippen molar-refractivity contribution in [1.82, 2.24) is 14.7 Å². The Balaban J connectivity index is 1.81. The van der Waals surface area contributed by atoms with Gasteiger partial charge in [0.15, 0.2) is 0 Å². The Labute approximate surface area is 218 Å². The van der Waals surface area contributed by atoms with Gasteiger partial charge in [0.25, 0.3) is 0 Å². The lowest BCUT2D eigenvalue weighted by Crippen LogP contribution is -2.41. The Morgan fingerprint density at radius 2 is 1.78 bits per heavy atom. The lowest BCUT2D eigenvalue weighted by atomic mass is 9.92. The van der Waals surface area contributed by atoms with Gasteiger partial charge in [-0.3, -0.25) is 4.79 Å². The van der Waals surface area contributed by atoms with Gasteiger partial charge in [-0.1, -0.05) is 76.4 Å². The number of aryl methyl sites for hydroxylation is 1. The minimum Gasteiger partial charge on any atom is -0.315 e. The number of hydrogen-bond donors (Lipinski definition) is 2. The maximum Gasteiger partial charge on any atom is 0.322 e. The fourth-order valence-electron chi connectivity index (χ4n) is 3.73. The van der Waals surface area contributed by atoms with Crippen molar-refractivity contribution >= 4 is 35.0 Å². The first kappa shape index (κ1) is 27.3. The number of carbonyl (C=O) groups is 2. The Bertz CT molecular complexity index is 1200. The number of aromatic nitrogens is 2. The van der Waals surface area contributed by atoms with Crippen molar-refractivity contribution in [2.24, 2.45) is 0 Å². The summed E-state index contributed by atoms with van der Waals surface area (Å²) in [5, 5.41) is 11.1. The van der Waals surface area contributed by atoms with Crippen LogP contribution in [0.2, 0.25) is 5.02 Å². The van der Waals surface area contributed by atoms with E-state index >= 15 is 0 Å². The van der Waals surface area contributed by atoms with Crippen LogP contribution < -0.4 is 10.6 Å². The first-order valence-corrected chi connectivity index (χ1v) is 12.7. The molecule has 1 heterocycles. The summed E-state index contributed by atoms with van der Waals surface area (Å²) in [5.41, 5.74) is 3.00. The monoisotopic (exact) mass is 509 g/mol. The molecule has 2 N–H and O–H groups in total. The lowest BCUT2D eigenvalue weighted by molar-refractivity contribution is -0.116. The number of rotatable bonds is 9. The SMILES string of the molecule is CCCCCN(CC(=O)Nc1cc(C(C)(C)C)nn1-c1ccccc1Cl)C(=O)Nc1cccc(C)c1. The maximum absolute atomic E-state index is 13.2. The van der Waals surface area contributed by atoms with Crippen LogP contribution in [0.15, 0.2) is 54.6 Å². The van der Waals surface area contributed by atoms with Crippen LogP contribution in [-0.4, -0.2) is 39.7 Å². The zero-order chi connectivity index (χ0) is 26.3. The second kappa shape index (κ2) is 12.1. The highest BCUT2D eigenvalue weighted by Crippen LogP contribution is 2.29. The van der Waals surface area contributed by atoms with Crippen LogP contribution in [0.3, 0.4) is 0 Å². The Hall–Kier alpha value is -3.32. The minimum absolute atomic E-state index is 0.0834. The van der Waals surface area contributed by atoms with E-state index in [1.807, 2.05) is 55.5 Å². The summed E-state index contributed by atoms with van der Waals surface area (Å²) in [6.07, 6.45) is 2.81. The normalized spacial score (nSPS) is 11.3. The number of urea groups is 1. The zero-order valence-corrected chi connectivity index (χ0v) is 22.5. The molecule has 0 aliphatic heterocycles. The standard InChI is InChI=1S/C28H36ClN5O2/c1-6-7-10-16-33(27(36)30-21-13-11-12-20(2)17-21)19-26(35)31-25-18-24(28(3,4)5)32-34(25)23-15-9-8-14-22(23)29/h8-9,11-15,17-18H,6-7,10,16,19H2,1-5H3,(H,30,36)(H,31,35). The molecule has 3 amide bonds. The van der Waals surface area contributed by atoms with E-state index < -0.39 is 0 Å². The highest BCUT2D eigenvalue weighted by atomic mass is 35.5. The van der Waals surface area contributed by atoms with Gasteiger partial charge in [-0.05, 0) is 43.2 Å². The summed E-state index contributed by atoms with van der Waals surface area (Å²) in [7, 11) is 0. The van der Waals surface area contributed by atoms with E-state index in [0.717, 1.165) is 30.5 Å². The van der Waals surface area contributed by atoms with Gasteiger partial charge in [0, 0.05) is 23.7 Å². The Morgan fingerprint density at radius 1 is 1.03 bits per heavy atom. The first-order chi connectivity index (χ1) is 17.1. The molecule has 0 aliphatic rings. The summed E-state index contributed by atoms with van der Waals surface area (Å²) in [4.78, 5) is 27.8. The number of benzene rings is 2. The van der Waals surface area contributed by atoms with Gasteiger partial charge in [0.05, 0.1) is 16.4 Å². The highest BCUT2D eigenvalue weighted by Gasteiger charge is 2.23. The quantitative estimate of drug-likeness (QED) is 0.311. The van der Waals surface area contributed by atoms with Crippen molar-refractivity contribution < 1.29 is 9.59 Å². The minimum atomic E-state index is -0.306. The molecule has 0 atom stereocenters. The van der Waals surface area contributed by atoms with Crippen LogP contribution in [0.4, 0.5) is 16.3 Å². The van der Waals surface area contributed by atoms with Gasteiger partial charge >= 0.3 is 6.03 Å². The number of anilines is 2. The predicted octanol–water partition coefficient (Wildman–Crippen LogP) is 6.79. The predicted molar refractivity (Wildman–Crippen MR) is 147 cm³/mol. The van der Waals surface area contributed by atoms with E-state index in [2.05, 4.69) is 38.3 Å². The third kappa shape index (κ3) is 7.34. The molecule has 7 nitrogen and oxygen atoms in total. The molecule has 3 aromatic rings. The molecule has 2 aromatic carbocycles. The summed E-state index contributed by atoms with van der Waals surface area (Å²) in [6, 6.07) is 16.5. The molecule has 0 fully saturated rings. The molecule has 0 aliphatic carbocycles. The molecule has 0 radical (unpaired) electrons. The van der Waals surface area contributed by atoms with Gasteiger partial charge in [-0.15, -0.1) is 0 Å². The van der Waals surface area contributed by atoms with Gasteiger partial charge in [0.1, 0.15) is 12.4 Å². The number of carbonyl (C=O) groups excluding carboxylic acids is 2. The molecule has 3 rings (SSSR count).